The molecule has 1 atom stereocenters. The lowest BCUT2D eigenvalue weighted by molar-refractivity contribution is -0.138. The van der Waals surface area contributed by atoms with Crippen LogP contribution >= 0.6 is 12.6 Å². The van der Waals surface area contributed by atoms with Gasteiger partial charge in [-0.3, -0.25) is 4.79 Å². The van der Waals surface area contributed by atoms with Crippen molar-refractivity contribution in [2.75, 3.05) is 23.7 Å². The molecule has 0 radical (unpaired) electrons. The first-order valence-electron chi connectivity index (χ1n) is 9.16. The van der Waals surface area contributed by atoms with E-state index in [9.17, 15) is 13.2 Å². The molecule has 0 unspecified atom stereocenters. The normalized spacial score (nSPS) is 16.7. The molecule has 8 heteroatoms. The zero-order valence-corrected chi connectivity index (χ0v) is 17.1. The van der Waals surface area contributed by atoms with Crippen LogP contribution in [0.1, 0.15) is 24.3 Å². The Hall–Kier alpha value is -2.03. The summed E-state index contributed by atoms with van der Waals surface area (Å²) < 4.78 is 26.9. The van der Waals surface area contributed by atoms with Crippen molar-refractivity contribution >= 4 is 34.3 Å². The van der Waals surface area contributed by atoms with E-state index in [1.54, 1.807) is 12.1 Å². The molecule has 0 aromatic heterocycles. The number of nitrogens with zero attached hydrogens (tertiary/aromatic N) is 1. The molecule has 1 saturated heterocycles. The average Bonchev–Trinajstić information content (AvgIpc) is 2.73. The highest BCUT2D eigenvalue weighted by Crippen LogP contribution is 2.30. The summed E-state index contributed by atoms with van der Waals surface area (Å²) in [6.07, 6.45) is 2.10. The van der Waals surface area contributed by atoms with E-state index in [0.29, 0.717) is 5.92 Å². The van der Waals surface area contributed by atoms with Crippen LogP contribution in [0.25, 0.3) is 0 Å². The molecule has 1 aliphatic rings. The lowest BCUT2D eigenvalue weighted by Crippen LogP contribution is -2.42. The summed E-state index contributed by atoms with van der Waals surface area (Å²) in [6.45, 7) is 1.81. The molecule has 1 heterocycles. The maximum Gasteiger partial charge on any atom is 0.322 e. The van der Waals surface area contributed by atoms with Crippen molar-refractivity contribution in [2.24, 2.45) is 0 Å². The Kier molecular flexibility index (Phi) is 6.64. The second-order valence-electron chi connectivity index (χ2n) is 6.86. The number of carboxylic acid groups (broad SMARTS) is 1. The number of anilines is 1. The van der Waals surface area contributed by atoms with Crippen molar-refractivity contribution in [1.29, 1.82) is 0 Å². The van der Waals surface area contributed by atoms with Gasteiger partial charge >= 0.3 is 5.97 Å². The van der Waals surface area contributed by atoms with Gasteiger partial charge in [-0.15, -0.1) is 0 Å². The van der Waals surface area contributed by atoms with E-state index < -0.39 is 22.0 Å². The SMILES string of the molecule is O=C(O)[C@H](CS)NS(=O)(=O)c1ccc(N2CCC(c3ccccc3)CC2)cc1. The van der Waals surface area contributed by atoms with Crippen molar-refractivity contribution in [3.63, 3.8) is 0 Å². The van der Waals surface area contributed by atoms with Crippen LogP contribution in [0.4, 0.5) is 5.69 Å². The van der Waals surface area contributed by atoms with E-state index in [1.165, 1.54) is 17.7 Å². The number of piperidine rings is 1. The predicted molar refractivity (Wildman–Crippen MR) is 113 cm³/mol. The first-order chi connectivity index (χ1) is 13.4. The minimum Gasteiger partial charge on any atom is -0.480 e. The highest BCUT2D eigenvalue weighted by molar-refractivity contribution is 7.89. The van der Waals surface area contributed by atoms with Crippen LogP contribution in [0.2, 0.25) is 0 Å². The van der Waals surface area contributed by atoms with Crippen LogP contribution in [0.3, 0.4) is 0 Å². The van der Waals surface area contributed by atoms with Crippen molar-refractivity contribution < 1.29 is 18.3 Å². The Bertz CT molecular complexity index is 894. The van der Waals surface area contributed by atoms with Crippen LogP contribution in [0.5, 0.6) is 0 Å². The molecule has 3 rings (SSSR count). The number of benzene rings is 2. The van der Waals surface area contributed by atoms with Crippen LogP contribution in [-0.2, 0) is 14.8 Å². The molecular weight excluding hydrogens is 396 g/mol. The Morgan fingerprint density at radius 2 is 1.71 bits per heavy atom. The lowest BCUT2D eigenvalue weighted by Gasteiger charge is -2.34. The van der Waals surface area contributed by atoms with Gasteiger partial charge in [0, 0.05) is 24.5 Å². The van der Waals surface area contributed by atoms with E-state index >= 15 is 0 Å². The second kappa shape index (κ2) is 8.98. The van der Waals surface area contributed by atoms with Gasteiger partial charge in [-0.05, 0) is 48.6 Å². The highest BCUT2D eigenvalue weighted by Gasteiger charge is 2.25. The third-order valence-electron chi connectivity index (χ3n) is 5.06. The molecule has 0 bridgehead atoms. The molecule has 150 valence electrons. The first-order valence-corrected chi connectivity index (χ1v) is 11.3. The van der Waals surface area contributed by atoms with Gasteiger partial charge in [0.15, 0.2) is 0 Å². The maximum atomic E-state index is 12.4. The van der Waals surface area contributed by atoms with Gasteiger partial charge in [0.1, 0.15) is 6.04 Å². The van der Waals surface area contributed by atoms with Gasteiger partial charge < -0.3 is 10.0 Å². The summed E-state index contributed by atoms with van der Waals surface area (Å²) in [4.78, 5) is 13.3. The standard InChI is InChI=1S/C20H24N2O4S2/c23-20(24)19(14-27)21-28(25,26)18-8-6-17(7-9-18)22-12-10-16(11-13-22)15-4-2-1-3-5-15/h1-9,16,19,21,27H,10-14H2,(H,23,24)/t19-/m0/s1. The molecule has 1 fully saturated rings. The van der Waals surface area contributed by atoms with Crippen molar-refractivity contribution in [2.45, 2.75) is 29.7 Å². The fourth-order valence-electron chi connectivity index (χ4n) is 3.45. The van der Waals surface area contributed by atoms with E-state index in [4.69, 9.17) is 5.11 Å². The summed E-state index contributed by atoms with van der Waals surface area (Å²) in [5.41, 5.74) is 2.33. The number of rotatable bonds is 7. The van der Waals surface area contributed by atoms with E-state index in [2.05, 4.69) is 46.5 Å². The molecule has 6 nitrogen and oxygen atoms in total. The third-order valence-corrected chi connectivity index (χ3v) is 6.91. The quantitative estimate of drug-likeness (QED) is 0.600. The first kappa shape index (κ1) is 20.7. The highest BCUT2D eigenvalue weighted by atomic mass is 32.2. The Morgan fingerprint density at radius 1 is 1.11 bits per heavy atom. The fourth-order valence-corrected chi connectivity index (χ4v) is 5.01. The van der Waals surface area contributed by atoms with Gasteiger partial charge in [-0.1, -0.05) is 30.3 Å². The summed E-state index contributed by atoms with van der Waals surface area (Å²) in [5.74, 6) is -0.824. The zero-order chi connectivity index (χ0) is 20.1. The number of hydrogen-bond donors (Lipinski definition) is 3. The smallest absolute Gasteiger partial charge is 0.322 e. The predicted octanol–water partition coefficient (Wildman–Crippen LogP) is 2.73. The van der Waals surface area contributed by atoms with Gasteiger partial charge in [-0.25, -0.2) is 8.42 Å². The summed E-state index contributed by atoms with van der Waals surface area (Å²) >= 11 is 3.88. The molecule has 2 N–H and O–H groups in total. The number of carbonyl (C=O) groups is 1. The average molecular weight is 421 g/mol. The molecule has 2 aromatic carbocycles. The van der Waals surface area contributed by atoms with Gasteiger partial charge in [0.2, 0.25) is 10.0 Å². The minimum absolute atomic E-state index is 0.0449. The minimum atomic E-state index is -3.91. The molecular formula is C20H24N2O4S2. The molecule has 0 saturated carbocycles. The summed E-state index contributed by atoms with van der Waals surface area (Å²) in [7, 11) is -3.91. The maximum absolute atomic E-state index is 12.4. The Balaban J connectivity index is 1.64. The fraction of sp³-hybridized carbons (Fsp3) is 0.350. The number of sulfonamides is 1. The number of hydrogen-bond acceptors (Lipinski definition) is 5. The van der Waals surface area contributed by atoms with Gasteiger partial charge in [0.05, 0.1) is 4.90 Å². The van der Waals surface area contributed by atoms with E-state index in [0.717, 1.165) is 31.6 Å². The number of aliphatic carboxylic acids is 1. The van der Waals surface area contributed by atoms with Crippen molar-refractivity contribution in [1.82, 2.24) is 4.72 Å². The Labute approximate surface area is 171 Å². The largest absolute Gasteiger partial charge is 0.480 e. The van der Waals surface area contributed by atoms with E-state index in [-0.39, 0.29) is 10.6 Å². The lowest BCUT2D eigenvalue weighted by atomic mass is 9.89. The Morgan fingerprint density at radius 3 is 2.25 bits per heavy atom. The molecule has 0 amide bonds. The van der Waals surface area contributed by atoms with Crippen LogP contribution < -0.4 is 9.62 Å². The second-order valence-corrected chi connectivity index (χ2v) is 8.94. The van der Waals surface area contributed by atoms with E-state index in [1.807, 2.05) is 6.07 Å². The number of carboxylic acids is 1. The van der Waals surface area contributed by atoms with Crippen molar-refractivity contribution in [3.05, 3.63) is 60.2 Å². The van der Waals surface area contributed by atoms with Crippen molar-refractivity contribution in [3.8, 4) is 0 Å². The monoisotopic (exact) mass is 420 g/mol. The van der Waals surface area contributed by atoms with Gasteiger partial charge in [-0.2, -0.15) is 17.4 Å². The number of thiol groups is 1. The molecule has 1 aliphatic heterocycles. The molecule has 28 heavy (non-hydrogen) atoms. The molecule has 2 aromatic rings. The van der Waals surface area contributed by atoms with Gasteiger partial charge in [0.25, 0.3) is 0 Å². The molecule has 0 aliphatic carbocycles. The van der Waals surface area contributed by atoms with Crippen LogP contribution in [-0.4, -0.2) is 44.4 Å². The topological polar surface area (TPSA) is 86.7 Å². The summed E-state index contributed by atoms with van der Waals surface area (Å²) in [6, 6.07) is 15.8. The van der Waals surface area contributed by atoms with Crippen LogP contribution in [0, 0.1) is 0 Å². The van der Waals surface area contributed by atoms with Crippen LogP contribution in [0.15, 0.2) is 59.5 Å². The number of nitrogens with one attached hydrogen (secondary N) is 1. The zero-order valence-electron chi connectivity index (χ0n) is 15.4. The third kappa shape index (κ3) is 4.87. The molecule has 0 spiro atoms. The summed E-state index contributed by atoms with van der Waals surface area (Å²) in [5, 5.41) is 9.02.